The van der Waals surface area contributed by atoms with Crippen LogP contribution in [0, 0.1) is 0 Å². The maximum Gasteiger partial charge on any atom is 0.416 e. The van der Waals surface area contributed by atoms with Crippen LogP contribution in [0.5, 0.6) is 0 Å². The molecule has 29 heavy (non-hydrogen) atoms. The van der Waals surface area contributed by atoms with Crippen LogP contribution in [0.1, 0.15) is 21.6 Å². The zero-order valence-corrected chi connectivity index (χ0v) is 15.4. The van der Waals surface area contributed by atoms with Gasteiger partial charge in [-0.1, -0.05) is 41.6 Å². The molecule has 0 bridgehead atoms. The van der Waals surface area contributed by atoms with Gasteiger partial charge in [0.05, 0.1) is 28.7 Å². The molecular weight excluding hydrogens is 403 g/mol. The number of oxime groups is 1. The lowest BCUT2D eigenvalue weighted by Gasteiger charge is -2.07. The third kappa shape index (κ3) is 3.90. The molecule has 0 saturated carbocycles. The van der Waals surface area contributed by atoms with E-state index in [9.17, 15) is 18.0 Å². The largest absolute Gasteiger partial charge is 0.416 e. The van der Waals surface area contributed by atoms with Crippen LogP contribution in [0.25, 0.3) is 16.2 Å². The van der Waals surface area contributed by atoms with E-state index in [2.05, 4.69) is 10.1 Å². The number of aromatic nitrogens is 2. The van der Waals surface area contributed by atoms with E-state index < -0.39 is 17.7 Å². The van der Waals surface area contributed by atoms with Crippen molar-refractivity contribution in [3.8, 4) is 11.3 Å². The van der Waals surface area contributed by atoms with Gasteiger partial charge < -0.3 is 4.84 Å². The van der Waals surface area contributed by atoms with Crippen molar-refractivity contribution in [3.63, 3.8) is 0 Å². The second-order valence-electron chi connectivity index (χ2n) is 5.96. The molecule has 2 heterocycles. The molecule has 0 fully saturated rings. The van der Waals surface area contributed by atoms with E-state index >= 15 is 0 Å². The summed E-state index contributed by atoms with van der Waals surface area (Å²) in [5.74, 6) is -0.986. The van der Waals surface area contributed by atoms with Crippen molar-refractivity contribution in [2.45, 2.75) is 6.18 Å². The number of benzene rings is 2. The highest BCUT2D eigenvalue weighted by molar-refractivity contribution is 7.15. The first-order chi connectivity index (χ1) is 13.9. The fraction of sp³-hybridized carbons (Fsp3) is 0.0500. The van der Waals surface area contributed by atoms with Gasteiger partial charge in [0.1, 0.15) is 0 Å². The molecular formula is C20H12F3N3O2S. The Morgan fingerprint density at radius 1 is 1.14 bits per heavy atom. The second kappa shape index (κ2) is 7.51. The van der Waals surface area contributed by atoms with Gasteiger partial charge in [0.15, 0.2) is 4.96 Å². The average Bonchev–Trinajstić information content (AvgIpc) is 3.30. The highest BCUT2D eigenvalue weighted by Gasteiger charge is 2.31. The molecule has 0 radical (unpaired) electrons. The van der Waals surface area contributed by atoms with Gasteiger partial charge in [0, 0.05) is 17.1 Å². The molecule has 146 valence electrons. The van der Waals surface area contributed by atoms with E-state index in [-0.39, 0.29) is 5.56 Å². The SMILES string of the molecule is O=C(O/N=C\c1c(-c2ccccc2)nc2sccn12)c1cccc(C(F)(F)F)c1. The summed E-state index contributed by atoms with van der Waals surface area (Å²) < 4.78 is 40.2. The highest BCUT2D eigenvalue weighted by atomic mass is 32.1. The molecule has 0 atom stereocenters. The van der Waals surface area contributed by atoms with E-state index in [0.717, 1.165) is 28.7 Å². The van der Waals surface area contributed by atoms with Gasteiger partial charge in [-0.3, -0.25) is 4.40 Å². The Bertz CT molecular complexity index is 1200. The molecule has 2 aromatic carbocycles. The first-order valence-corrected chi connectivity index (χ1v) is 9.24. The fourth-order valence-corrected chi connectivity index (χ4v) is 3.46. The van der Waals surface area contributed by atoms with Crippen LogP contribution in [-0.2, 0) is 11.0 Å². The summed E-state index contributed by atoms with van der Waals surface area (Å²) in [4.78, 5) is 22.2. The van der Waals surface area contributed by atoms with E-state index in [4.69, 9.17) is 4.84 Å². The van der Waals surface area contributed by atoms with Crippen molar-refractivity contribution in [2.75, 3.05) is 0 Å². The molecule has 0 saturated heterocycles. The molecule has 0 aliphatic rings. The van der Waals surface area contributed by atoms with Crippen molar-refractivity contribution in [3.05, 3.63) is 83.0 Å². The molecule has 9 heteroatoms. The van der Waals surface area contributed by atoms with Crippen LogP contribution in [0.2, 0.25) is 0 Å². The maximum absolute atomic E-state index is 12.8. The molecule has 4 aromatic rings. The zero-order valence-electron chi connectivity index (χ0n) is 14.6. The van der Waals surface area contributed by atoms with E-state index in [1.165, 1.54) is 23.6 Å². The van der Waals surface area contributed by atoms with Crippen LogP contribution in [0.3, 0.4) is 0 Å². The monoisotopic (exact) mass is 415 g/mol. The number of carbonyl (C=O) groups is 1. The summed E-state index contributed by atoms with van der Waals surface area (Å²) in [5.41, 5.74) is 0.918. The van der Waals surface area contributed by atoms with Crippen molar-refractivity contribution >= 4 is 28.5 Å². The number of halogens is 3. The Kier molecular flexibility index (Phi) is 4.89. The molecule has 0 spiro atoms. The molecule has 0 amide bonds. The van der Waals surface area contributed by atoms with Gasteiger partial charge in [-0.25, -0.2) is 9.78 Å². The first kappa shape index (κ1) is 18.9. The number of carbonyl (C=O) groups excluding carboxylic acids is 1. The summed E-state index contributed by atoms with van der Waals surface area (Å²) in [6, 6.07) is 13.4. The summed E-state index contributed by atoms with van der Waals surface area (Å²) >= 11 is 1.43. The van der Waals surface area contributed by atoms with Crippen molar-refractivity contribution in [1.29, 1.82) is 0 Å². The summed E-state index contributed by atoms with van der Waals surface area (Å²) in [6.07, 6.45) is -1.43. The van der Waals surface area contributed by atoms with Gasteiger partial charge in [0.25, 0.3) is 0 Å². The Labute approximate surface area is 166 Å². The third-order valence-electron chi connectivity index (χ3n) is 4.08. The van der Waals surface area contributed by atoms with Gasteiger partial charge in [-0.2, -0.15) is 13.2 Å². The minimum atomic E-state index is -4.55. The topological polar surface area (TPSA) is 56.0 Å². The van der Waals surface area contributed by atoms with Crippen LogP contribution in [0.4, 0.5) is 13.2 Å². The van der Waals surface area contributed by atoms with Crippen molar-refractivity contribution < 1.29 is 22.8 Å². The number of fused-ring (bicyclic) bond motifs is 1. The van der Waals surface area contributed by atoms with Crippen LogP contribution in [-0.4, -0.2) is 21.6 Å². The lowest BCUT2D eigenvalue weighted by Crippen LogP contribution is -2.08. The highest BCUT2D eigenvalue weighted by Crippen LogP contribution is 2.30. The smallest absolute Gasteiger partial charge is 0.313 e. The molecule has 0 aliphatic carbocycles. The minimum absolute atomic E-state index is 0.241. The van der Waals surface area contributed by atoms with Gasteiger partial charge >= 0.3 is 12.1 Å². The lowest BCUT2D eigenvalue weighted by atomic mass is 10.1. The molecule has 2 aromatic heterocycles. The Morgan fingerprint density at radius 2 is 1.93 bits per heavy atom. The van der Waals surface area contributed by atoms with Crippen molar-refractivity contribution in [2.24, 2.45) is 5.16 Å². The van der Waals surface area contributed by atoms with Gasteiger partial charge in [-0.05, 0) is 18.2 Å². The van der Waals surface area contributed by atoms with Crippen LogP contribution in [0.15, 0.2) is 71.3 Å². The summed E-state index contributed by atoms with van der Waals surface area (Å²) in [5, 5.41) is 5.54. The first-order valence-electron chi connectivity index (χ1n) is 8.36. The predicted octanol–water partition coefficient (Wildman–Crippen LogP) is 5.27. The Hall–Kier alpha value is -3.46. The van der Waals surface area contributed by atoms with E-state index in [1.807, 2.05) is 35.7 Å². The van der Waals surface area contributed by atoms with Crippen LogP contribution < -0.4 is 0 Å². The normalized spacial score (nSPS) is 12.0. The van der Waals surface area contributed by atoms with Gasteiger partial charge in [0.2, 0.25) is 0 Å². The van der Waals surface area contributed by atoms with Gasteiger partial charge in [-0.15, -0.1) is 11.3 Å². The maximum atomic E-state index is 12.8. The number of thiazole rings is 1. The fourth-order valence-electron chi connectivity index (χ4n) is 2.73. The Balaban J connectivity index is 1.60. The number of hydrogen-bond donors (Lipinski definition) is 0. The number of imidazole rings is 1. The Morgan fingerprint density at radius 3 is 2.69 bits per heavy atom. The summed E-state index contributed by atoms with van der Waals surface area (Å²) in [7, 11) is 0. The second-order valence-corrected chi connectivity index (χ2v) is 6.83. The predicted molar refractivity (Wildman–Crippen MR) is 103 cm³/mol. The molecule has 0 N–H and O–H groups in total. The van der Waals surface area contributed by atoms with Crippen molar-refractivity contribution in [1.82, 2.24) is 9.38 Å². The number of nitrogens with zero attached hydrogens (tertiary/aromatic N) is 3. The third-order valence-corrected chi connectivity index (χ3v) is 4.84. The quantitative estimate of drug-likeness (QED) is 0.259. The van der Waals surface area contributed by atoms with E-state index in [0.29, 0.717) is 11.4 Å². The molecule has 4 rings (SSSR count). The molecule has 5 nitrogen and oxygen atoms in total. The molecule has 0 unspecified atom stereocenters. The van der Waals surface area contributed by atoms with E-state index in [1.54, 1.807) is 10.6 Å². The standard InChI is InChI=1S/C20H12F3N3O2S/c21-20(22,23)15-8-4-7-14(11-15)18(27)28-24-12-16-17(13-5-2-1-3-6-13)25-19-26(16)9-10-29-19/h1-12H/b24-12-. The summed E-state index contributed by atoms with van der Waals surface area (Å²) in [6.45, 7) is 0. The number of hydrogen-bond acceptors (Lipinski definition) is 5. The average molecular weight is 415 g/mol. The molecule has 0 aliphatic heterocycles. The minimum Gasteiger partial charge on any atom is -0.313 e. The lowest BCUT2D eigenvalue weighted by molar-refractivity contribution is -0.137. The number of alkyl halides is 3. The van der Waals surface area contributed by atoms with Crippen LogP contribution >= 0.6 is 11.3 Å². The zero-order chi connectivity index (χ0) is 20.4. The number of rotatable bonds is 4.